The van der Waals surface area contributed by atoms with Crippen LogP contribution in [0.3, 0.4) is 0 Å². The van der Waals surface area contributed by atoms with Crippen LogP contribution in [0.5, 0.6) is 0 Å². The standard InChI is InChI=1S/C31H47FN4O4/c1-5-20(29(39)34-28-21-8-19-9-22(28)14-31(40,12-19)13-21)10-26(37)24(33)15-35-16-27(38)36(17-30(35,3)4)25-11-23(32)7-6-18(25)2/h6-7,11,19-22,24,26,28,37,40H,5,8-10,12-17,33H2,1-4H3,(H,34,39)/t19?,20-,21+,22+,24+,26+,28?,31?/m1/s1. The second kappa shape index (κ2) is 11.0. The van der Waals surface area contributed by atoms with Gasteiger partial charge in [0.1, 0.15) is 5.82 Å². The first-order valence-electron chi connectivity index (χ1n) is 15.1. The number of aliphatic hydroxyl groups is 2. The molecule has 4 aliphatic carbocycles. The Morgan fingerprint density at radius 3 is 2.52 bits per heavy atom. The van der Waals surface area contributed by atoms with Crippen LogP contribution in [-0.4, -0.2) is 75.9 Å². The van der Waals surface area contributed by atoms with E-state index in [0.717, 1.165) is 37.7 Å². The van der Waals surface area contributed by atoms with E-state index in [0.29, 0.717) is 43.0 Å². The Morgan fingerprint density at radius 1 is 1.23 bits per heavy atom. The van der Waals surface area contributed by atoms with Crippen LogP contribution in [0.1, 0.15) is 71.3 Å². The molecule has 2 amide bonds. The maximum absolute atomic E-state index is 13.9. The largest absolute Gasteiger partial charge is 0.391 e. The molecule has 1 heterocycles. The van der Waals surface area contributed by atoms with Gasteiger partial charge in [-0.3, -0.25) is 14.5 Å². The normalized spacial score (nSPS) is 33.6. The Hall–Kier alpha value is -2.07. The third-order valence-corrected chi connectivity index (χ3v) is 10.4. The fourth-order valence-electron chi connectivity index (χ4n) is 8.24. The Bertz CT molecular complexity index is 1110. The average molecular weight is 559 g/mol. The van der Waals surface area contributed by atoms with E-state index in [1.165, 1.54) is 12.1 Å². The fourth-order valence-corrected chi connectivity index (χ4v) is 8.24. The summed E-state index contributed by atoms with van der Waals surface area (Å²) in [5.41, 5.74) is 6.90. The Kier molecular flexibility index (Phi) is 8.07. The van der Waals surface area contributed by atoms with Crippen LogP contribution in [0.15, 0.2) is 18.2 Å². The molecule has 1 aliphatic heterocycles. The summed E-state index contributed by atoms with van der Waals surface area (Å²) in [5, 5.41) is 25.3. The molecule has 1 aromatic carbocycles. The van der Waals surface area contributed by atoms with Crippen LogP contribution in [0.2, 0.25) is 0 Å². The molecular weight excluding hydrogens is 511 g/mol. The number of benzene rings is 1. The average Bonchev–Trinajstić information content (AvgIpc) is 2.87. The molecule has 6 rings (SSSR count). The summed E-state index contributed by atoms with van der Waals surface area (Å²) in [6.07, 6.45) is 4.57. The lowest BCUT2D eigenvalue weighted by Gasteiger charge is -2.58. The highest BCUT2D eigenvalue weighted by Gasteiger charge is 2.55. The molecule has 0 aromatic heterocycles. The summed E-state index contributed by atoms with van der Waals surface area (Å²) < 4.78 is 13.9. The van der Waals surface area contributed by atoms with E-state index in [9.17, 15) is 24.2 Å². The van der Waals surface area contributed by atoms with Crippen molar-refractivity contribution < 1.29 is 24.2 Å². The topological polar surface area (TPSA) is 119 Å². The van der Waals surface area contributed by atoms with Crippen LogP contribution < -0.4 is 16.0 Å². The van der Waals surface area contributed by atoms with E-state index in [1.54, 1.807) is 11.0 Å². The second-order valence-corrected chi connectivity index (χ2v) is 13.9. The molecule has 0 unspecified atom stereocenters. The van der Waals surface area contributed by atoms with E-state index < -0.39 is 23.3 Å². The molecule has 5 fully saturated rings. The highest BCUT2D eigenvalue weighted by Crippen LogP contribution is 2.55. The molecule has 5 aliphatic rings. The molecule has 222 valence electrons. The molecule has 40 heavy (non-hydrogen) atoms. The number of halogens is 1. The molecule has 4 bridgehead atoms. The van der Waals surface area contributed by atoms with E-state index in [4.69, 9.17) is 5.73 Å². The number of aryl methyl sites for hydroxylation is 1. The van der Waals surface area contributed by atoms with Crippen molar-refractivity contribution in [3.63, 3.8) is 0 Å². The minimum atomic E-state index is -0.899. The molecule has 5 atom stereocenters. The number of amides is 2. The first-order chi connectivity index (χ1) is 18.8. The third-order valence-electron chi connectivity index (χ3n) is 10.4. The number of hydrogen-bond acceptors (Lipinski definition) is 6. The van der Waals surface area contributed by atoms with Gasteiger partial charge in [0.15, 0.2) is 0 Å². The summed E-state index contributed by atoms with van der Waals surface area (Å²) in [6, 6.07) is 3.94. The van der Waals surface area contributed by atoms with Gasteiger partial charge >= 0.3 is 0 Å². The van der Waals surface area contributed by atoms with Crippen molar-refractivity contribution in [2.24, 2.45) is 29.4 Å². The van der Waals surface area contributed by atoms with Gasteiger partial charge in [-0.2, -0.15) is 0 Å². The summed E-state index contributed by atoms with van der Waals surface area (Å²) in [6.45, 7) is 8.64. The number of carbonyl (C=O) groups excluding carboxylic acids is 2. The number of hydrogen-bond donors (Lipinski definition) is 4. The van der Waals surface area contributed by atoms with Crippen molar-refractivity contribution in [3.8, 4) is 0 Å². The number of rotatable bonds is 9. The van der Waals surface area contributed by atoms with Crippen molar-refractivity contribution in [2.75, 3.05) is 24.5 Å². The summed E-state index contributed by atoms with van der Waals surface area (Å²) >= 11 is 0. The van der Waals surface area contributed by atoms with Gasteiger partial charge < -0.3 is 26.2 Å². The molecule has 1 saturated heterocycles. The number of nitrogens with two attached hydrogens (primary N) is 1. The predicted molar refractivity (Wildman–Crippen MR) is 152 cm³/mol. The number of carbonyl (C=O) groups is 2. The number of nitrogens with zero attached hydrogens (tertiary/aromatic N) is 2. The van der Waals surface area contributed by atoms with Gasteiger partial charge in [0.2, 0.25) is 11.8 Å². The number of piperazine rings is 1. The lowest BCUT2D eigenvalue weighted by atomic mass is 9.52. The molecule has 1 aromatic rings. The smallest absolute Gasteiger partial charge is 0.241 e. The number of aliphatic hydroxyl groups excluding tert-OH is 1. The molecule has 0 radical (unpaired) electrons. The van der Waals surface area contributed by atoms with Gasteiger partial charge in [0.05, 0.1) is 18.2 Å². The van der Waals surface area contributed by atoms with Crippen LogP contribution in [0.4, 0.5) is 10.1 Å². The third kappa shape index (κ3) is 5.80. The minimum absolute atomic E-state index is 0.0344. The Labute approximate surface area is 237 Å². The molecule has 8 nitrogen and oxygen atoms in total. The summed E-state index contributed by atoms with van der Waals surface area (Å²) in [5.74, 6) is 0.332. The van der Waals surface area contributed by atoms with E-state index in [1.807, 2.05) is 32.6 Å². The maximum Gasteiger partial charge on any atom is 0.241 e. The number of nitrogens with one attached hydrogen (secondary N) is 1. The van der Waals surface area contributed by atoms with Gasteiger partial charge in [0, 0.05) is 42.3 Å². The van der Waals surface area contributed by atoms with Crippen LogP contribution >= 0.6 is 0 Å². The summed E-state index contributed by atoms with van der Waals surface area (Å²) in [7, 11) is 0. The zero-order valence-electron chi connectivity index (χ0n) is 24.4. The monoisotopic (exact) mass is 558 g/mol. The Balaban J connectivity index is 1.17. The van der Waals surface area contributed by atoms with E-state index >= 15 is 0 Å². The van der Waals surface area contributed by atoms with Crippen molar-refractivity contribution in [2.45, 2.75) is 102 Å². The lowest BCUT2D eigenvalue weighted by Crippen LogP contribution is -2.64. The van der Waals surface area contributed by atoms with E-state index in [-0.39, 0.29) is 42.6 Å². The Morgan fingerprint density at radius 2 is 1.90 bits per heavy atom. The molecule has 4 saturated carbocycles. The van der Waals surface area contributed by atoms with E-state index in [2.05, 4.69) is 5.32 Å². The van der Waals surface area contributed by atoms with Gasteiger partial charge in [-0.15, -0.1) is 0 Å². The minimum Gasteiger partial charge on any atom is -0.391 e. The van der Waals surface area contributed by atoms with Crippen molar-refractivity contribution in [3.05, 3.63) is 29.6 Å². The van der Waals surface area contributed by atoms with Gasteiger partial charge in [-0.05, 0) is 101 Å². The van der Waals surface area contributed by atoms with Crippen LogP contribution in [0.25, 0.3) is 0 Å². The van der Waals surface area contributed by atoms with Crippen molar-refractivity contribution in [1.29, 1.82) is 0 Å². The zero-order chi connectivity index (χ0) is 29.0. The highest BCUT2D eigenvalue weighted by molar-refractivity contribution is 5.96. The van der Waals surface area contributed by atoms with Gasteiger partial charge in [0.25, 0.3) is 0 Å². The fraction of sp³-hybridized carbons (Fsp3) is 0.742. The van der Waals surface area contributed by atoms with Crippen LogP contribution in [0, 0.1) is 36.4 Å². The lowest BCUT2D eigenvalue weighted by molar-refractivity contribution is -0.148. The predicted octanol–water partition coefficient (Wildman–Crippen LogP) is 2.72. The van der Waals surface area contributed by atoms with Crippen molar-refractivity contribution >= 4 is 17.5 Å². The first-order valence-corrected chi connectivity index (χ1v) is 15.1. The zero-order valence-corrected chi connectivity index (χ0v) is 24.4. The molecule has 5 N–H and O–H groups in total. The first kappa shape index (κ1) is 29.4. The molecule has 9 heteroatoms. The highest BCUT2D eigenvalue weighted by atomic mass is 19.1. The quantitative estimate of drug-likeness (QED) is 0.370. The maximum atomic E-state index is 13.9. The molecule has 0 spiro atoms. The SMILES string of the molecule is CC[C@H](C[C@H](O)[C@@H](N)CN1CC(=O)N(c2cc(F)ccc2C)CC1(C)C)C(=O)NC1[C@H]2CC3C[C@H]1CC(O)(C3)C2. The van der Waals surface area contributed by atoms with Crippen LogP contribution in [-0.2, 0) is 9.59 Å². The summed E-state index contributed by atoms with van der Waals surface area (Å²) in [4.78, 5) is 30.1. The van der Waals surface area contributed by atoms with Gasteiger partial charge in [-0.25, -0.2) is 4.39 Å². The number of anilines is 1. The molecular formula is C31H47FN4O4. The van der Waals surface area contributed by atoms with Crippen molar-refractivity contribution in [1.82, 2.24) is 10.2 Å². The second-order valence-electron chi connectivity index (χ2n) is 13.9. The van der Waals surface area contributed by atoms with Gasteiger partial charge in [-0.1, -0.05) is 13.0 Å².